The number of Topliss-reactive ketones (excluding diaryl/α,β-unsaturated/α-hetero) is 1. The fourth-order valence-electron chi connectivity index (χ4n) is 2.89. The van der Waals surface area contributed by atoms with Crippen LogP contribution in [0.2, 0.25) is 0 Å². The number of benzene rings is 1. The number of hydrogen-bond acceptors (Lipinski definition) is 4. The van der Waals surface area contributed by atoms with Crippen LogP contribution in [0.25, 0.3) is 5.00 Å². The van der Waals surface area contributed by atoms with Gasteiger partial charge in [0.05, 0.1) is 6.04 Å². The highest BCUT2D eigenvalue weighted by Gasteiger charge is 2.26. The first-order valence-electron chi connectivity index (χ1n) is 8.06. The van der Waals surface area contributed by atoms with Crippen LogP contribution in [0.4, 0.5) is 5.69 Å². The molecule has 0 saturated heterocycles. The Balaban J connectivity index is 1.91. The lowest BCUT2D eigenvalue weighted by Crippen LogP contribution is -2.40. The van der Waals surface area contributed by atoms with Crippen molar-refractivity contribution in [2.75, 3.05) is 11.4 Å². The standard InChI is InChI=1S/C19H21N3OS/c1-4-21(16-8-5-7-14(2)13-16)15(3)18(23)19-20-10-11-22(19)17-9-6-12-24-17/h5-13,15H,4H2,1-3H3/t15-/m0/s1. The lowest BCUT2D eigenvalue weighted by atomic mass is 10.1. The molecule has 0 aliphatic heterocycles. The number of aromatic nitrogens is 2. The first kappa shape index (κ1) is 16.5. The molecule has 0 bridgehead atoms. The highest BCUT2D eigenvalue weighted by Crippen LogP contribution is 2.22. The molecule has 0 aliphatic carbocycles. The zero-order chi connectivity index (χ0) is 17.1. The molecule has 0 N–H and O–H groups in total. The summed E-state index contributed by atoms with van der Waals surface area (Å²) in [5.74, 6) is 0.507. The summed E-state index contributed by atoms with van der Waals surface area (Å²) in [6, 6.07) is 11.9. The number of nitrogens with zero attached hydrogens (tertiary/aromatic N) is 3. The van der Waals surface area contributed by atoms with Crippen molar-refractivity contribution >= 4 is 22.8 Å². The van der Waals surface area contributed by atoms with Crippen LogP contribution in [0, 0.1) is 6.92 Å². The first-order valence-corrected chi connectivity index (χ1v) is 8.94. The lowest BCUT2D eigenvalue weighted by molar-refractivity contribution is 0.0952. The van der Waals surface area contributed by atoms with Gasteiger partial charge in [-0.2, -0.15) is 0 Å². The number of aryl methyl sites for hydroxylation is 1. The number of anilines is 1. The van der Waals surface area contributed by atoms with E-state index in [1.807, 2.05) is 47.3 Å². The van der Waals surface area contributed by atoms with Crippen molar-refractivity contribution in [1.29, 1.82) is 0 Å². The molecule has 1 atom stereocenters. The van der Waals surface area contributed by atoms with Crippen molar-refractivity contribution in [2.24, 2.45) is 0 Å². The minimum Gasteiger partial charge on any atom is -0.362 e. The normalized spacial score (nSPS) is 12.1. The Morgan fingerprint density at radius 2 is 2.17 bits per heavy atom. The van der Waals surface area contributed by atoms with E-state index in [0.29, 0.717) is 5.82 Å². The molecule has 4 nitrogen and oxygen atoms in total. The molecule has 3 rings (SSSR count). The summed E-state index contributed by atoms with van der Waals surface area (Å²) in [6.07, 6.45) is 3.53. The summed E-state index contributed by atoms with van der Waals surface area (Å²) >= 11 is 1.59. The van der Waals surface area contributed by atoms with Gasteiger partial charge in [0.25, 0.3) is 0 Å². The maximum atomic E-state index is 13.1. The van der Waals surface area contributed by atoms with E-state index in [9.17, 15) is 4.79 Å². The molecule has 0 saturated carbocycles. The van der Waals surface area contributed by atoms with E-state index in [0.717, 1.165) is 17.2 Å². The molecule has 0 radical (unpaired) electrons. The second-order valence-electron chi connectivity index (χ2n) is 5.74. The summed E-state index contributed by atoms with van der Waals surface area (Å²) in [4.78, 5) is 19.5. The number of ketones is 1. The Hall–Kier alpha value is -2.40. The van der Waals surface area contributed by atoms with E-state index >= 15 is 0 Å². The summed E-state index contributed by atoms with van der Waals surface area (Å²) in [5, 5.41) is 3.00. The van der Waals surface area contributed by atoms with Crippen LogP contribution in [0.1, 0.15) is 30.0 Å². The maximum Gasteiger partial charge on any atom is 0.220 e. The predicted molar refractivity (Wildman–Crippen MR) is 99.4 cm³/mol. The predicted octanol–water partition coefficient (Wildman–Crippen LogP) is 4.34. The number of imidazole rings is 1. The maximum absolute atomic E-state index is 13.1. The van der Waals surface area contributed by atoms with E-state index in [1.54, 1.807) is 17.5 Å². The molecule has 3 aromatic rings. The number of carbonyl (C=O) groups is 1. The van der Waals surface area contributed by atoms with Crippen LogP contribution < -0.4 is 4.90 Å². The van der Waals surface area contributed by atoms with Crippen molar-refractivity contribution < 1.29 is 4.79 Å². The van der Waals surface area contributed by atoms with Gasteiger partial charge in [-0.3, -0.25) is 9.36 Å². The molecule has 0 aliphatic rings. The SMILES string of the molecule is CCN(c1cccc(C)c1)[C@@H](C)C(=O)c1nccn1-c1cccs1. The minimum atomic E-state index is -0.280. The van der Waals surface area contributed by atoms with Gasteiger partial charge in [-0.05, 0) is 56.0 Å². The van der Waals surface area contributed by atoms with E-state index in [4.69, 9.17) is 0 Å². The van der Waals surface area contributed by atoms with Gasteiger partial charge in [0.1, 0.15) is 5.00 Å². The fraction of sp³-hybridized carbons (Fsp3) is 0.263. The van der Waals surface area contributed by atoms with Gasteiger partial charge in [-0.25, -0.2) is 4.98 Å². The first-order chi connectivity index (χ1) is 11.6. The third-order valence-electron chi connectivity index (χ3n) is 4.13. The van der Waals surface area contributed by atoms with Crippen molar-refractivity contribution in [2.45, 2.75) is 26.8 Å². The summed E-state index contributed by atoms with van der Waals surface area (Å²) < 4.78 is 1.87. The molecule has 0 fully saturated rings. The largest absolute Gasteiger partial charge is 0.362 e. The minimum absolute atomic E-state index is 0.0248. The van der Waals surface area contributed by atoms with Crippen molar-refractivity contribution in [1.82, 2.24) is 9.55 Å². The Morgan fingerprint density at radius 1 is 1.33 bits per heavy atom. The van der Waals surface area contributed by atoms with E-state index in [-0.39, 0.29) is 11.8 Å². The molecule has 24 heavy (non-hydrogen) atoms. The molecule has 1 aromatic carbocycles. The fourth-order valence-corrected chi connectivity index (χ4v) is 3.60. The molecule has 2 heterocycles. The Morgan fingerprint density at radius 3 is 2.83 bits per heavy atom. The van der Waals surface area contributed by atoms with Gasteiger partial charge < -0.3 is 4.90 Å². The van der Waals surface area contributed by atoms with Crippen molar-refractivity contribution in [3.05, 3.63) is 65.6 Å². The van der Waals surface area contributed by atoms with Crippen LogP contribution in [0.15, 0.2) is 54.2 Å². The average Bonchev–Trinajstić information content (AvgIpc) is 3.25. The number of thiophene rings is 1. The molecule has 124 valence electrons. The second-order valence-corrected chi connectivity index (χ2v) is 6.66. The van der Waals surface area contributed by atoms with Crippen LogP contribution in [0.5, 0.6) is 0 Å². The van der Waals surface area contributed by atoms with Gasteiger partial charge in [0.15, 0.2) is 5.82 Å². The molecule has 0 unspecified atom stereocenters. The van der Waals surface area contributed by atoms with Crippen molar-refractivity contribution in [3.8, 4) is 5.00 Å². The Bertz CT molecular complexity index is 823. The number of carbonyl (C=O) groups excluding carboxylic acids is 1. The highest BCUT2D eigenvalue weighted by molar-refractivity contribution is 7.12. The van der Waals surface area contributed by atoms with Crippen LogP contribution >= 0.6 is 11.3 Å². The number of likely N-dealkylation sites (N-methyl/N-ethyl adjacent to an activating group) is 1. The van der Waals surface area contributed by atoms with E-state index in [1.165, 1.54) is 5.56 Å². The Labute approximate surface area is 146 Å². The van der Waals surface area contributed by atoms with Crippen molar-refractivity contribution in [3.63, 3.8) is 0 Å². The summed E-state index contributed by atoms with van der Waals surface area (Å²) in [7, 11) is 0. The smallest absolute Gasteiger partial charge is 0.220 e. The quantitative estimate of drug-likeness (QED) is 0.627. The zero-order valence-electron chi connectivity index (χ0n) is 14.1. The van der Waals surface area contributed by atoms with Gasteiger partial charge >= 0.3 is 0 Å². The van der Waals surface area contributed by atoms with Crippen LogP contribution in [-0.4, -0.2) is 27.9 Å². The van der Waals surface area contributed by atoms with Gasteiger partial charge in [-0.15, -0.1) is 11.3 Å². The van der Waals surface area contributed by atoms with Crippen LogP contribution in [-0.2, 0) is 0 Å². The zero-order valence-corrected chi connectivity index (χ0v) is 15.0. The molecular formula is C19H21N3OS. The van der Waals surface area contributed by atoms with Gasteiger partial charge in [0, 0.05) is 24.6 Å². The highest BCUT2D eigenvalue weighted by atomic mass is 32.1. The van der Waals surface area contributed by atoms with E-state index < -0.39 is 0 Å². The molecule has 0 spiro atoms. The lowest BCUT2D eigenvalue weighted by Gasteiger charge is -2.29. The Kier molecular flexibility index (Phi) is 4.81. The summed E-state index contributed by atoms with van der Waals surface area (Å²) in [6.45, 7) is 6.84. The van der Waals surface area contributed by atoms with Gasteiger partial charge in [0.2, 0.25) is 5.78 Å². The molecular weight excluding hydrogens is 318 g/mol. The molecule has 0 amide bonds. The topological polar surface area (TPSA) is 38.1 Å². The molecule has 5 heteroatoms. The van der Waals surface area contributed by atoms with Gasteiger partial charge in [-0.1, -0.05) is 12.1 Å². The monoisotopic (exact) mass is 339 g/mol. The third kappa shape index (κ3) is 3.12. The molecule has 2 aromatic heterocycles. The number of hydrogen-bond donors (Lipinski definition) is 0. The second kappa shape index (κ2) is 7.01. The average molecular weight is 339 g/mol. The third-order valence-corrected chi connectivity index (χ3v) is 4.99. The van der Waals surface area contributed by atoms with E-state index in [2.05, 4.69) is 35.9 Å². The van der Waals surface area contributed by atoms with Crippen LogP contribution in [0.3, 0.4) is 0 Å². The summed E-state index contributed by atoms with van der Waals surface area (Å²) in [5.41, 5.74) is 2.25. The number of rotatable bonds is 6.